The average molecular weight is 655 g/mol. The van der Waals surface area contributed by atoms with E-state index in [9.17, 15) is 0 Å². The van der Waals surface area contributed by atoms with Crippen molar-refractivity contribution in [1.29, 1.82) is 0 Å². The van der Waals surface area contributed by atoms with Crippen LogP contribution in [-0.2, 0) is 0 Å². The molecule has 11 rings (SSSR count). The van der Waals surface area contributed by atoms with Crippen molar-refractivity contribution < 1.29 is 13.3 Å². The normalized spacial score (nSPS) is 11.9. The van der Waals surface area contributed by atoms with E-state index < -0.39 is 0 Å². The van der Waals surface area contributed by atoms with Gasteiger partial charge in [0.05, 0.1) is 0 Å². The molecule has 0 fully saturated rings. The molecule has 0 saturated carbocycles. The van der Waals surface area contributed by atoms with Gasteiger partial charge in [0.2, 0.25) is 0 Å². The fourth-order valence-corrected chi connectivity index (χ4v) is 7.54. The van der Waals surface area contributed by atoms with Crippen LogP contribution in [0.1, 0.15) is 0 Å². The minimum Gasteiger partial charge on any atom is -0.456 e. The van der Waals surface area contributed by atoms with Gasteiger partial charge in [0, 0.05) is 38.1 Å². The van der Waals surface area contributed by atoms with Gasteiger partial charge < -0.3 is 13.3 Å². The van der Waals surface area contributed by atoms with Crippen molar-refractivity contribution >= 4 is 65.9 Å². The lowest BCUT2D eigenvalue weighted by Crippen LogP contribution is -1.95. The maximum Gasteiger partial charge on any atom is 0.180 e. The molecule has 0 spiro atoms. The summed E-state index contributed by atoms with van der Waals surface area (Å²) in [5.41, 5.74) is 12.5. The first-order valence-corrected chi connectivity index (χ1v) is 17.0. The molecule has 51 heavy (non-hydrogen) atoms. The first-order valence-electron chi connectivity index (χ1n) is 17.0. The van der Waals surface area contributed by atoms with Gasteiger partial charge in [-0.1, -0.05) is 121 Å². The van der Waals surface area contributed by atoms with Crippen LogP contribution in [0.5, 0.6) is 0 Å². The summed E-state index contributed by atoms with van der Waals surface area (Å²) in [4.78, 5) is 10.6. The molecule has 7 aromatic carbocycles. The van der Waals surface area contributed by atoms with Gasteiger partial charge >= 0.3 is 0 Å². The van der Waals surface area contributed by atoms with Gasteiger partial charge in [0.1, 0.15) is 39.1 Å². The Morgan fingerprint density at radius 2 is 0.882 bits per heavy atom. The third-order valence-corrected chi connectivity index (χ3v) is 9.94. The molecule has 11 aromatic rings. The second-order valence-corrected chi connectivity index (χ2v) is 12.9. The Kier molecular flexibility index (Phi) is 5.89. The zero-order chi connectivity index (χ0) is 33.5. The SMILES string of the molecule is c1ccc(-c2ccc(-c3ccc4oc5c(-c6cccc7oc8ccccc8c67)nc(-c6cccc7oc8ccccc8c67)nc5c4c3)cc2)cc1. The second kappa shape index (κ2) is 10.8. The molecule has 0 atom stereocenters. The Morgan fingerprint density at radius 1 is 0.353 bits per heavy atom. The fraction of sp³-hybridized carbons (Fsp3) is 0. The molecule has 5 heteroatoms. The number of fused-ring (bicyclic) bond motifs is 9. The largest absolute Gasteiger partial charge is 0.456 e. The smallest absolute Gasteiger partial charge is 0.180 e. The lowest BCUT2D eigenvalue weighted by molar-refractivity contribution is 0.667. The van der Waals surface area contributed by atoms with Gasteiger partial charge in [-0.3, -0.25) is 0 Å². The van der Waals surface area contributed by atoms with E-state index in [2.05, 4.69) is 84.9 Å². The van der Waals surface area contributed by atoms with Crippen LogP contribution in [0.3, 0.4) is 0 Å². The molecule has 238 valence electrons. The number of aromatic nitrogens is 2. The lowest BCUT2D eigenvalue weighted by atomic mass is 9.99. The Morgan fingerprint density at radius 3 is 1.59 bits per heavy atom. The van der Waals surface area contributed by atoms with Gasteiger partial charge in [-0.2, -0.15) is 0 Å². The van der Waals surface area contributed by atoms with Gasteiger partial charge in [-0.05, 0) is 58.7 Å². The summed E-state index contributed by atoms with van der Waals surface area (Å²) in [5.74, 6) is 0.597. The van der Waals surface area contributed by atoms with Crippen LogP contribution in [0.2, 0.25) is 0 Å². The topological polar surface area (TPSA) is 65.2 Å². The average Bonchev–Trinajstić information content (AvgIpc) is 3.89. The molecule has 0 unspecified atom stereocenters. The summed E-state index contributed by atoms with van der Waals surface area (Å²) in [5, 5.41) is 4.95. The van der Waals surface area contributed by atoms with Crippen molar-refractivity contribution in [2.24, 2.45) is 0 Å². The molecule has 0 amide bonds. The van der Waals surface area contributed by atoms with Crippen molar-refractivity contribution in [3.05, 3.63) is 158 Å². The van der Waals surface area contributed by atoms with Crippen LogP contribution in [0.15, 0.2) is 171 Å². The van der Waals surface area contributed by atoms with Crippen LogP contribution < -0.4 is 0 Å². The highest BCUT2D eigenvalue weighted by Gasteiger charge is 2.23. The maximum atomic E-state index is 6.70. The number of benzene rings is 7. The number of furan rings is 3. The van der Waals surface area contributed by atoms with Gasteiger partial charge in [0.25, 0.3) is 0 Å². The number of hydrogen-bond acceptors (Lipinski definition) is 5. The number of hydrogen-bond donors (Lipinski definition) is 0. The molecule has 0 aliphatic rings. The van der Waals surface area contributed by atoms with Crippen LogP contribution in [0, 0.1) is 0 Å². The number of rotatable bonds is 4. The van der Waals surface area contributed by atoms with E-state index in [1.54, 1.807) is 0 Å². The van der Waals surface area contributed by atoms with Gasteiger partial charge in [-0.25, -0.2) is 9.97 Å². The summed E-state index contributed by atoms with van der Waals surface area (Å²) in [6, 6.07) is 53.9. The van der Waals surface area contributed by atoms with Crippen LogP contribution in [0.25, 0.3) is 111 Å². The standard InChI is InChI=1S/C46H26N2O3/c1-2-10-27(11-3-1)28-20-22-29(23-21-28)30-24-25-38-35(26-30)44-45(51-38)43(33-14-8-18-39-41(33)31-12-4-6-16-36(31)49-39)47-46(48-44)34-15-9-19-40-42(34)32-13-5-7-17-37(32)50-40/h1-26H. The summed E-state index contributed by atoms with van der Waals surface area (Å²) in [6.45, 7) is 0. The van der Waals surface area contributed by atoms with E-state index in [0.717, 1.165) is 82.6 Å². The van der Waals surface area contributed by atoms with Gasteiger partial charge in [0.15, 0.2) is 11.4 Å². The molecule has 0 saturated heterocycles. The molecule has 0 N–H and O–H groups in total. The number of nitrogens with zero attached hydrogens (tertiary/aromatic N) is 2. The Balaban J connectivity index is 1.19. The third kappa shape index (κ3) is 4.28. The Labute approximate surface area is 291 Å². The van der Waals surface area contributed by atoms with Crippen LogP contribution >= 0.6 is 0 Å². The second-order valence-electron chi connectivity index (χ2n) is 12.9. The highest BCUT2D eigenvalue weighted by Crippen LogP contribution is 2.43. The summed E-state index contributed by atoms with van der Waals surface area (Å²) < 4.78 is 19.3. The van der Waals surface area contributed by atoms with Crippen molar-refractivity contribution in [3.63, 3.8) is 0 Å². The predicted octanol–water partition coefficient (Wildman–Crippen LogP) is 12.8. The van der Waals surface area contributed by atoms with Crippen molar-refractivity contribution in [2.45, 2.75) is 0 Å². The van der Waals surface area contributed by atoms with Crippen LogP contribution in [0.4, 0.5) is 0 Å². The molecule has 0 radical (unpaired) electrons. The summed E-state index contributed by atoms with van der Waals surface area (Å²) in [6.07, 6.45) is 0. The predicted molar refractivity (Wildman–Crippen MR) is 206 cm³/mol. The summed E-state index contributed by atoms with van der Waals surface area (Å²) in [7, 11) is 0. The summed E-state index contributed by atoms with van der Waals surface area (Å²) >= 11 is 0. The molecular weight excluding hydrogens is 629 g/mol. The molecule has 4 aromatic heterocycles. The van der Waals surface area contributed by atoms with Crippen LogP contribution in [-0.4, -0.2) is 9.97 Å². The highest BCUT2D eigenvalue weighted by molar-refractivity contribution is 6.17. The first kappa shape index (κ1) is 27.9. The zero-order valence-electron chi connectivity index (χ0n) is 27.1. The Bertz CT molecular complexity index is 3130. The minimum absolute atomic E-state index is 0.597. The van der Waals surface area contributed by atoms with E-state index in [0.29, 0.717) is 17.1 Å². The molecule has 5 nitrogen and oxygen atoms in total. The number of para-hydroxylation sites is 2. The zero-order valence-corrected chi connectivity index (χ0v) is 27.1. The molecule has 0 bridgehead atoms. The van der Waals surface area contributed by atoms with E-state index in [4.69, 9.17) is 23.2 Å². The van der Waals surface area contributed by atoms with E-state index in [1.165, 1.54) is 11.1 Å². The monoisotopic (exact) mass is 654 g/mol. The molecule has 4 heterocycles. The van der Waals surface area contributed by atoms with E-state index in [-0.39, 0.29) is 0 Å². The quantitative estimate of drug-likeness (QED) is 0.189. The Hall–Kier alpha value is -6.98. The molecule has 0 aliphatic heterocycles. The van der Waals surface area contributed by atoms with E-state index in [1.807, 2.05) is 72.8 Å². The first-order chi connectivity index (χ1) is 25.3. The van der Waals surface area contributed by atoms with E-state index >= 15 is 0 Å². The van der Waals surface area contributed by atoms with Gasteiger partial charge in [-0.15, -0.1) is 0 Å². The van der Waals surface area contributed by atoms with Crippen molar-refractivity contribution in [1.82, 2.24) is 9.97 Å². The molecular formula is C46H26N2O3. The third-order valence-electron chi connectivity index (χ3n) is 9.94. The minimum atomic E-state index is 0.597. The molecule has 0 aliphatic carbocycles. The lowest BCUT2D eigenvalue weighted by Gasteiger charge is -2.08. The van der Waals surface area contributed by atoms with Crippen molar-refractivity contribution in [2.75, 3.05) is 0 Å². The van der Waals surface area contributed by atoms with Crippen molar-refractivity contribution in [3.8, 4) is 44.9 Å². The maximum absolute atomic E-state index is 6.70. The highest BCUT2D eigenvalue weighted by atomic mass is 16.3. The fourth-order valence-electron chi connectivity index (χ4n) is 7.54.